The average Bonchev–Trinajstić information content (AvgIpc) is 2.43. The van der Waals surface area contributed by atoms with Gasteiger partial charge in [-0.3, -0.25) is 9.59 Å². The maximum absolute atomic E-state index is 12.7. The van der Waals surface area contributed by atoms with Gasteiger partial charge in [-0.15, -0.1) is 0 Å². The van der Waals surface area contributed by atoms with E-state index in [2.05, 4.69) is 0 Å². The molecular formula is C17H14O4. The van der Waals surface area contributed by atoms with E-state index in [1.165, 1.54) is 18.2 Å². The van der Waals surface area contributed by atoms with Crippen LogP contribution in [0.25, 0.3) is 0 Å². The second kappa shape index (κ2) is 4.27. The SMILES string of the molecule is CC(C)(O)c1cccc2c1C(=O)c1ccc(O)cc1C2=O. The number of fused-ring (bicyclic) bond motifs is 2. The highest BCUT2D eigenvalue weighted by Crippen LogP contribution is 2.34. The van der Waals surface area contributed by atoms with Gasteiger partial charge in [0.25, 0.3) is 0 Å². The van der Waals surface area contributed by atoms with E-state index in [9.17, 15) is 19.8 Å². The Balaban J connectivity index is 2.33. The normalized spacial score (nSPS) is 13.9. The summed E-state index contributed by atoms with van der Waals surface area (Å²) in [6, 6.07) is 8.98. The molecule has 0 aromatic heterocycles. The molecule has 0 saturated heterocycles. The minimum atomic E-state index is -1.23. The van der Waals surface area contributed by atoms with E-state index in [1.54, 1.807) is 32.0 Å². The minimum Gasteiger partial charge on any atom is -0.508 e. The molecule has 0 aliphatic heterocycles. The van der Waals surface area contributed by atoms with Gasteiger partial charge in [0.05, 0.1) is 5.60 Å². The Morgan fingerprint density at radius 2 is 1.62 bits per heavy atom. The molecule has 21 heavy (non-hydrogen) atoms. The van der Waals surface area contributed by atoms with Crippen LogP contribution >= 0.6 is 0 Å². The van der Waals surface area contributed by atoms with E-state index in [0.29, 0.717) is 5.56 Å². The zero-order valence-corrected chi connectivity index (χ0v) is 11.7. The van der Waals surface area contributed by atoms with Crippen LogP contribution in [0.15, 0.2) is 36.4 Å². The summed E-state index contributed by atoms with van der Waals surface area (Å²) in [6.07, 6.45) is 0. The summed E-state index contributed by atoms with van der Waals surface area (Å²) in [4.78, 5) is 25.2. The molecule has 4 nitrogen and oxygen atoms in total. The lowest BCUT2D eigenvalue weighted by atomic mass is 9.78. The summed E-state index contributed by atoms with van der Waals surface area (Å²) in [5.41, 5.74) is 0.154. The van der Waals surface area contributed by atoms with Crippen LogP contribution in [0.5, 0.6) is 5.75 Å². The number of carbonyl (C=O) groups excluding carboxylic acids is 2. The Morgan fingerprint density at radius 3 is 2.29 bits per heavy atom. The molecule has 0 fully saturated rings. The van der Waals surface area contributed by atoms with Gasteiger partial charge in [0, 0.05) is 22.3 Å². The summed E-state index contributed by atoms with van der Waals surface area (Å²) in [5.74, 6) is -0.684. The Bertz CT molecular complexity index is 782. The van der Waals surface area contributed by atoms with E-state index in [-0.39, 0.29) is 39.6 Å². The largest absolute Gasteiger partial charge is 0.508 e. The van der Waals surface area contributed by atoms with Crippen molar-refractivity contribution in [2.24, 2.45) is 0 Å². The number of benzene rings is 2. The highest BCUT2D eigenvalue weighted by molar-refractivity contribution is 6.29. The van der Waals surface area contributed by atoms with Gasteiger partial charge in [-0.05, 0) is 37.6 Å². The van der Waals surface area contributed by atoms with Crippen LogP contribution in [0.3, 0.4) is 0 Å². The first-order chi connectivity index (χ1) is 9.80. The molecule has 4 heteroatoms. The molecule has 1 aliphatic rings. The van der Waals surface area contributed by atoms with E-state index < -0.39 is 5.60 Å². The lowest BCUT2D eigenvalue weighted by Gasteiger charge is -2.26. The molecule has 0 amide bonds. The molecule has 0 bridgehead atoms. The molecule has 3 rings (SSSR count). The van der Waals surface area contributed by atoms with Gasteiger partial charge in [0.15, 0.2) is 11.6 Å². The topological polar surface area (TPSA) is 74.6 Å². The standard InChI is InChI=1S/C17H14O4/c1-17(2,21)13-5-3-4-11-14(13)16(20)10-7-6-9(18)8-12(10)15(11)19/h3-8,18,21H,1-2H3. The third-order valence-electron chi connectivity index (χ3n) is 3.69. The fourth-order valence-electron chi connectivity index (χ4n) is 2.69. The molecule has 106 valence electrons. The molecule has 2 aromatic carbocycles. The van der Waals surface area contributed by atoms with Crippen LogP contribution in [-0.4, -0.2) is 21.8 Å². The number of phenolic OH excluding ortho intramolecular Hbond substituents is 1. The number of hydrogen-bond acceptors (Lipinski definition) is 4. The molecule has 0 spiro atoms. The van der Waals surface area contributed by atoms with Crippen LogP contribution in [0.1, 0.15) is 51.3 Å². The van der Waals surface area contributed by atoms with Crippen LogP contribution in [0, 0.1) is 0 Å². The predicted octanol–water partition coefficient (Wildman–Crippen LogP) is 2.40. The lowest BCUT2D eigenvalue weighted by Crippen LogP contribution is -2.27. The monoisotopic (exact) mass is 282 g/mol. The zero-order valence-electron chi connectivity index (χ0n) is 11.7. The van der Waals surface area contributed by atoms with Crippen molar-refractivity contribution in [2.75, 3.05) is 0 Å². The Morgan fingerprint density at radius 1 is 0.905 bits per heavy atom. The minimum absolute atomic E-state index is 0.0583. The highest BCUT2D eigenvalue weighted by atomic mass is 16.3. The summed E-state index contributed by atoms with van der Waals surface area (Å²) in [6.45, 7) is 3.15. The average molecular weight is 282 g/mol. The van der Waals surface area contributed by atoms with Crippen molar-refractivity contribution in [3.8, 4) is 5.75 Å². The summed E-state index contributed by atoms with van der Waals surface area (Å²) < 4.78 is 0. The fraction of sp³-hybridized carbons (Fsp3) is 0.176. The first kappa shape index (κ1) is 13.5. The van der Waals surface area contributed by atoms with Crippen LogP contribution < -0.4 is 0 Å². The number of aromatic hydroxyl groups is 1. The molecule has 0 atom stereocenters. The molecule has 0 radical (unpaired) electrons. The first-order valence-corrected chi connectivity index (χ1v) is 6.59. The molecule has 1 aliphatic carbocycles. The van der Waals surface area contributed by atoms with Gasteiger partial charge < -0.3 is 10.2 Å². The second-order valence-electron chi connectivity index (χ2n) is 5.68. The van der Waals surface area contributed by atoms with Crippen molar-refractivity contribution in [3.05, 3.63) is 64.2 Å². The maximum atomic E-state index is 12.7. The number of phenols is 1. The van der Waals surface area contributed by atoms with Gasteiger partial charge in [-0.2, -0.15) is 0 Å². The van der Waals surface area contributed by atoms with E-state index in [0.717, 1.165) is 0 Å². The van der Waals surface area contributed by atoms with E-state index in [1.807, 2.05) is 0 Å². The Labute approximate surface area is 121 Å². The number of ketones is 2. The van der Waals surface area contributed by atoms with Crippen molar-refractivity contribution in [1.29, 1.82) is 0 Å². The predicted molar refractivity (Wildman–Crippen MR) is 76.7 cm³/mol. The molecule has 2 N–H and O–H groups in total. The summed E-state index contributed by atoms with van der Waals surface area (Å²) in [5, 5.41) is 19.8. The highest BCUT2D eigenvalue weighted by Gasteiger charge is 2.34. The lowest BCUT2D eigenvalue weighted by molar-refractivity contribution is 0.0755. The Hall–Kier alpha value is -2.46. The van der Waals surface area contributed by atoms with Crippen molar-refractivity contribution in [3.63, 3.8) is 0 Å². The molecular weight excluding hydrogens is 268 g/mol. The molecule has 0 unspecified atom stereocenters. The number of aliphatic hydroxyl groups is 1. The van der Waals surface area contributed by atoms with Gasteiger partial charge in [-0.25, -0.2) is 0 Å². The molecule has 0 saturated carbocycles. The second-order valence-corrected chi connectivity index (χ2v) is 5.68. The molecule has 0 heterocycles. The van der Waals surface area contributed by atoms with E-state index >= 15 is 0 Å². The number of rotatable bonds is 1. The van der Waals surface area contributed by atoms with Gasteiger partial charge in [0.2, 0.25) is 0 Å². The van der Waals surface area contributed by atoms with Crippen molar-refractivity contribution in [1.82, 2.24) is 0 Å². The van der Waals surface area contributed by atoms with Gasteiger partial charge >= 0.3 is 0 Å². The van der Waals surface area contributed by atoms with Gasteiger partial charge in [-0.1, -0.05) is 18.2 Å². The molecule has 2 aromatic rings. The van der Waals surface area contributed by atoms with Crippen LogP contribution in [0.2, 0.25) is 0 Å². The third-order valence-corrected chi connectivity index (χ3v) is 3.69. The summed E-state index contributed by atoms with van der Waals surface area (Å²) in [7, 11) is 0. The maximum Gasteiger partial charge on any atom is 0.194 e. The first-order valence-electron chi connectivity index (χ1n) is 6.59. The van der Waals surface area contributed by atoms with Crippen molar-refractivity contribution >= 4 is 11.6 Å². The zero-order chi connectivity index (χ0) is 15.4. The quantitative estimate of drug-likeness (QED) is 0.718. The van der Waals surface area contributed by atoms with E-state index in [4.69, 9.17) is 0 Å². The van der Waals surface area contributed by atoms with Crippen molar-refractivity contribution in [2.45, 2.75) is 19.4 Å². The van der Waals surface area contributed by atoms with Gasteiger partial charge in [0.1, 0.15) is 5.75 Å². The van der Waals surface area contributed by atoms with Crippen LogP contribution in [0.4, 0.5) is 0 Å². The smallest absolute Gasteiger partial charge is 0.194 e. The number of carbonyl (C=O) groups is 2. The van der Waals surface area contributed by atoms with Crippen molar-refractivity contribution < 1.29 is 19.8 Å². The van der Waals surface area contributed by atoms with Crippen LogP contribution in [-0.2, 0) is 5.60 Å². The Kier molecular flexibility index (Phi) is 2.75. The summed E-state index contributed by atoms with van der Waals surface area (Å²) >= 11 is 0. The fourth-order valence-corrected chi connectivity index (χ4v) is 2.69. The third kappa shape index (κ3) is 1.96. The number of hydrogen-bond donors (Lipinski definition) is 2.